The molecule has 5 nitrogen and oxygen atoms in total. The summed E-state index contributed by atoms with van der Waals surface area (Å²) in [4.78, 5) is 29.6. The zero-order chi connectivity index (χ0) is 15.1. The van der Waals surface area contributed by atoms with Gasteiger partial charge in [0.05, 0.1) is 5.56 Å². The second kappa shape index (κ2) is 8.12. The molecule has 0 spiro atoms. The average Bonchev–Trinajstić information content (AvgIpc) is 2.68. The molecule has 0 bridgehead atoms. The van der Waals surface area contributed by atoms with Crippen LogP contribution in [0.25, 0.3) is 0 Å². The molecule has 1 aromatic rings. The molecule has 0 atom stereocenters. The first kappa shape index (κ1) is 15.9. The average molecular weight is 354 g/mol. The number of pyridine rings is 1. The molecule has 0 radical (unpaired) electrons. The summed E-state index contributed by atoms with van der Waals surface area (Å²) in [7, 11) is 0. The second-order valence-corrected chi connectivity index (χ2v) is 6.11. The van der Waals surface area contributed by atoms with Crippen LogP contribution in [0, 0.1) is 0 Å². The maximum absolute atomic E-state index is 11.9. The molecule has 1 aromatic heterocycles. The summed E-state index contributed by atoms with van der Waals surface area (Å²) in [6, 6.07) is 1.74. The summed E-state index contributed by atoms with van der Waals surface area (Å²) in [5.74, 6) is 0.112. The van der Waals surface area contributed by atoms with Gasteiger partial charge in [0, 0.05) is 42.9 Å². The lowest BCUT2D eigenvalue weighted by atomic mass is 10.2. The lowest BCUT2D eigenvalue weighted by Crippen LogP contribution is -2.34. The van der Waals surface area contributed by atoms with Gasteiger partial charge in [-0.15, -0.1) is 0 Å². The van der Waals surface area contributed by atoms with Crippen molar-refractivity contribution >= 4 is 27.7 Å². The molecule has 1 aliphatic heterocycles. The van der Waals surface area contributed by atoms with E-state index in [1.807, 2.05) is 4.90 Å². The molecule has 0 saturated carbocycles. The van der Waals surface area contributed by atoms with Gasteiger partial charge in [0.1, 0.15) is 0 Å². The Hall–Kier alpha value is -1.43. The lowest BCUT2D eigenvalue weighted by Gasteiger charge is -2.20. The number of amides is 2. The molecule has 0 unspecified atom stereocenters. The monoisotopic (exact) mass is 353 g/mol. The van der Waals surface area contributed by atoms with Crippen molar-refractivity contribution in [3.63, 3.8) is 0 Å². The number of aromatic nitrogens is 1. The Labute approximate surface area is 133 Å². The first-order valence-corrected chi connectivity index (χ1v) is 8.12. The van der Waals surface area contributed by atoms with Gasteiger partial charge in [0.2, 0.25) is 5.91 Å². The SMILES string of the molecule is O=C(NCCCN1CCCCCC1=O)c1cncc(Br)c1. The van der Waals surface area contributed by atoms with Crippen molar-refractivity contribution in [2.24, 2.45) is 0 Å². The van der Waals surface area contributed by atoms with Crippen LogP contribution in [0.15, 0.2) is 22.9 Å². The molecule has 1 aliphatic rings. The molecule has 1 N–H and O–H groups in total. The maximum Gasteiger partial charge on any atom is 0.252 e. The van der Waals surface area contributed by atoms with Gasteiger partial charge in [-0.1, -0.05) is 6.42 Å². The number of nitrogens with one attached hydrogen (secondary N) is 1. The zero-order valence-electron chi connectivity index (χ0n) is 12.0. The Balaban J connectivity index is 1.71. The van der Waals surface area contributed by atoms with Crippen molar-refractivity contribution < 1.29 is 9.59 Å². The van der Waals surface area contributed by atoms with E-state index in [0.29, 0.717) is 18.5 Å². The number of hydrogen-bond donors (Lipinski definition) is 1. The fourth-order valence-corrected chi connectivity index (χ4v) is 2.75. The van der Waals surface area contributed by atoms with Gasteiger partial charge in [-0.25, -0.2) is 0 Å². The fraction of sp³-hybridized carbons (Fsp3) is 0.533. The van der Waals surface area contributed by atoms with Crippen molar-refractivity contribution in [2.75, 3.05) is 19.6 Å². The number of halogens is 1. The number of hydrogen-bond acceptors (Lipinski definition) is 3. The summed E-state index contributed by atoms with van der Waals surface area (Å²) in [5.41, 5.74) is 0.537. The van der Waals surface area contributed by atoms with Crippen molar-refractivity contribution in [1.82, 2.24) is 15.2 Å². The van der Waals surface area contributed by atoms with Gasteiger partial charge in [-0.3, -0.25) is 14.6 Å². The third-order valence-corrected chi connectivity index (χ3v) is 3.96. The summed E-state index contributed by atoms with van der Waals surface area (Å²) >= 11 is 3.29. The van der Waals surface area contributed by atoms with Crippen LogP contribution >= 0.6 is 15.9 Å². The Bertz CT molecular complexity index is 507. The number of nitrogens with zero attached hydrogens (tertiary/aromatic N) is 2. The molecule has 2 amide bonds. The Morgan fingerprint density at radius 3 is 3.00 bits per heavy atom. The predicted molar refractivity (Wildman–Crippen MR) is 83.9 cm³/mol. The lowest BCUT2D eigenvalue weighted by molar-refractivity contribution is -0.130. The van der Waals surface area contributed by atoms with E-state index in [1.54, 1.807) is 18.5 Å². The quantitative estimate of drug-likeness (QED) is 0.826. The number of carbonyl (C=O) groups is 2. The highest BCUT2D eigenvalue weighted by Crippen LogP contribution is 2.11. The van der Waals surface area contributed by atoms with Crippen molar-refractivity contribution in [2.45, 2.75) is 32.1 Å². The minimum atomic E-state index is -0.133. The molecule has 114 valence electrons. The van der Waals surface area contributed by atoms with Crippen LogP contribution in [0.3, 0.4) is 0 Å². The fourth-order valence-electron chi connectivity index (χ4n) is 2.38. The predicted octanol–water partition coefficient (Wildman–Crippen LogP) is 2.37. The zero-order valence-corrected chi connectivity index (χ0v) is 13.6. The summed E-state index contributed by atoms with van der Waals surface area (Å²) in [6.07, 6.45) is 7.84. The van der Waals surface area contributed by atoms with E-state index in [1.165, 1.54) is 0 Å². The Morgan fingerprint density at radius 1 is 1.33 bits per heavy atom. The van der Waals surface area contributed by atoms with E-state index in [-0.39, 0.29) is 11.8 Å². The molecule has 1 saturated heterocycles. The van der Waals surface area contributed by atoms with Crippen LogP contribution < -0.4 is 5.32 Å². The normalized spacial score (nSPS) is 15.7. The first-order chi connectivity index (χ1) is 10.2. The molecule has 21 heavy (non-hydrogen) atoms. The Morgan fingerprint density at radius 2 is 2.19 bits per heavy atom. The summed E-state index contributed by atoms with van der Waals surface area (Å²) in [5, 5.41) is 2.86. The van der Waals surface area contributed by atoms with Crippen LogP contribution in [0.1, 0.15) is 42.5 Å². The van der Waals surface area contributed by atoms with E-state index in [4.69, 9.17) is 0 Å². The van der Waals surface area contributed by atoms with E-state index >= 15 is 0 Å². The molecule has 0 aliphatic carbocycles. The Kier molecular flexibility index (Phi) is 6.17. The molecular weight excluding hydrogens is 334 g/mol. The van der Waals surface area contributed by atoms with Crippen LogP contribution in [-0.4, -0.2) is 41.3 Å². The van der Waals surface area contributed by atoms with E-state index in [2.05, 4.69) is 26.2 Å². The second-order valence-electron chi connectivity index (χ2n) is 5.19. The maximum atomic E-state index is 11.9. The smallest absolute Gasteiger partial charge is 0.252 e. The third-order valence-electron chi connectivity index (χ3n) is 3.53. The van der Waals surface area contributed by atoms with Crippen molar-refractivity contribution in [3.8, 4) is 0 Å². The summed E-state index contributed by atoms with van der Waals surface area (Å²) < 4.78 is 0.783. The highest BCUT2D eigenvalue weighted by molar-refractivity contribution is 9.10. The van der Waals surface area contributed by atoms with Crippen molar-refractivity contribution in [3.05, 3.63) is 28.5 Å². The molecule has 1 fully saturated rings. The third kappa shape index (κ3) is 5.12. The molecule has 2 heterocycles. The minimum absolute atomic E-state index is 0.133. The molecule has 0 aromatic carbocycles. The highest BCUT2D eigenvalue weighted by atomic mass is 79.9. The molecule has 2 rings (SSSR count). The van der Waals surface area contributed by atoms with Crippen LogP contribution in [0.4, 0.5) is 0 Å². The first-order valence-electron chi connectivity index (χ1n) is 7.33. The van der Waals surface area contributed by atoms with E-state index in [9.17, 15) is 9.59 Å². The van der Waals surface area contributed by atoms with Crippen LogP contribution in [0.2, 0.25) is 0 Å². The topological polar surface area (TPSA) is 62.3 Å². The van der Waals surface area contributed by atoms with Gasteiger partial charge in [0.15, 0.2) is 0 Å². The minimum Gasteiger partial charge on any atom is -0.352 e. The standard InChI is InChI=1S/C15H20BrN3O2/c16-13-9-12(10-17-11-13)15(21)18-6-4-8-19-7-3-1-2-5-14(19)20/h9-11H,1-8H2,(H,18,21). The van der Waals surface area contributed by atoms with Gasteiger partial charge in [-0.2, -0.15) is 0 Å². The van der Waals surface area contributed by atoms with Gasteiger partial charge in [-0.05, 0) is 41.3 Å². The summed E-state index contributed by atoms with van der Waals surface area (Å²) in [6.45, 7) is 2.13. The van der Waals surface area contributed by atoms with E-state index < -0.39 is 0 Å². The van der Waals surface area contributed by atoms with Crippen LogP contribution in [0.5, 0.6) is 0 Å². The number of rotatable bonds is 5. The van der Waals surface area contributed by atoms with Crippen LogP contribution in [-0.2, 0) is 4.79 Å². The largest absolute Gasteiger partial charge is 0.352 e. The highest BCUT2D eigenvalue weighted by Gasteiger charge is 2.15. The van der Waals surface area contributed by atoms with Crippen molar-refractivity contribution in [1.29, 1.82) is 0 Å². The number of likely N-dealkylation sites (tertiary alicyclic amines) is 1. The molecular formula is C15H20BrN3O2. The van der Waals surface area contributed by atoms with E-state index in [0.717, 1.165) is 43.2 Å². The molecule has 6 heteroatoms. The van der Waals surface area contributed by atoms with Gasteiger partial charge < -0.3 is 10.2 Å². The number of carbonyl (C=O) groups excluding carboxylic acids is 2. The van der Waals surface area contributed by atoms with Gasteiger partial charge in [0.25, 0.3) is 5.91 Å². The van der Waals surface area contributed by atoms with Gasteiger partial charge >= 0.3 is 0 Å².